The molecule has 4 heteroatoms. The minimum Gasteiger partial charge on any atom is -0.545 e. The highest BCUT2D eigenvalue weighted by Crippen LogP contribution is 2.50. The molecule has 1 N–H and O–H groups in total. The second-order valence-corrected chi connectivity index (χ2v) is 7.00. The van der Waals surface area contributed by atoms with E-state index in [1.807, 2.05) is 18.2 Å². The lowest BCUT2D eigenvalue weighted by Crippen LogP contribution is -2.32. The minimum atomic E-state index is -1.14. The number of fused-ring (bicyclic) bond motifs is 3. The molecule has 0 saturated carbocycles. The van der Waals surface area contributed by atoms with E-state index in [4.69, 9.17) is 0 Å². The summed E-state index contributed by atoms with van der Waals surface area (Å²) in [5.74, 6) is -0.494. The Balaban J connectivity index is 1.85. The number of anilines is 1. The number of aromatic carboxylic acids is 1. The van der Waals surface area contributed by atoms with Gasteiger partial charge in [0.2, 0.25) is 0 Å². The molecule has 0 saturated heterocycles. The summed E-state index contributed by atoms with van der Waals surface area (Å²) in [7, 11) is 0. The zero-order valence-corrected chi connectivity index (χ0v) is 13.9. The van der Waals surface area contributed by atoms with Crippen molar-refractivity contribution in [1.29, 1.82) is 0 Å². The van der Waals surface area contributed by atoms with Crippen LogP contribution in [-0.4, -0.2) is 5.97 Å². The fraction of sp³-hybridized carbons (Fsp3) is 0.211. The second-order valence-electron chi connectivity index (χ2n) is 6.09. The topological polar surface area (TPSA) is 52.2 Å². The quantitative estimate of drug-likeness (QED) is 0.823. The van der Waals surface area contributed by atoms with Crippen molar-refractivity contribution in [2.24, 2.45) is 5.92 Å². The van der Waals surface area contributed by atoms with E-state index in [0.29, 0.717) is 11.6 Å². The molecule has 4 rings (SSSR count). The molecule has 2 aliphatic rings. The summed E-state index contributed by atoms with van der Waals surface area (Å²) in [4.78, 5) is 11.5. The van der Waals surface area contributed by atoms with Crippen LogP contribution in [0, 0.1) is 5.92 Å². The molecule has 2 aromatic carbocycles. The minimum absolute atomic E-state index is 0.0838. The average molecular weight is 369 g/mol. The number of carboxylic acids is 1. The van der Waals surface area contributed by atoms with Crippen LogP contribution < -0.4 is 10.4 Å². The Hall–Kier alpha value is -2.07. The van der Waals surface area contributed by atoms with Crippen molar-refractivity contribution < 1.29 is 9.90 Å². The number of carbonyl (C=O) groups is 1. The van der Waals surface area contributed by atoms with Crippen molar-refractivity contribution in [3.8, 4) is 0 Å². The summed E-state index contributed by atoms with van der Waals surface area (Å²) in [6, 6.07) is 13.7. The Morgan fingerprint density at radius 1 is 1.22 bits per heavy atom. The SMILES string of the molecule is O=C([O-])c1cccc2c1N[C@H](c1cccc(Br)c1)[C@@H]1CC=C[C@H]21. The highest BCUT2D eigenvalue weighted by atomic mass is 79.9. The second kappa shape index (κ2) is 5.53. The molecule has 0 radical (unpaired) electrons. The third-order valence-electron chi connectivity index (χ3n) is 4.82. The third-order valence-corrected chi connectivity index (χ3v) is 5.32. The highest BCUT2D eigenvalue weighted by Gasteiger charge is 2.38. The van der Waals surface area contributed by atoms with Gasteiger partial charge in [-0.2, -0.15) is 0 Å². The van der Waals surface area contributed by atoms with Crippen LogP contribution in [0.4, 0.5) is 5.69 Å². The molecule has 3 nitrogen and oxygen atoms in total. The monoisotopic (exact) mass is 368 g/mol. The zero-order chi connectivity index (χ0) is 16.0. The zero-order valence-electron chi connectivity index (χ0n) is 12.3. The fourth-order valence-electron chi connectivity index (χ4n) is 3.82. The summed E-state index contributed by atoms with van der Waals surface area (Å²) in [5, 5.41) is 15.0. The average Bonchev–Trinajstić information content (AvgIpc) is 3.03. The smallest absolute Gasteiger partial charge is 0.0736 e. The number of allylic oxidation sites excluding steroid dienone is 2. The van der Waals surface area contributed by atoms with Gasteiger partial charge in [0.05, 0.1) is 12.0 Å². The predicted molar refractivity (Wildman–Crippen MR) is 91.3 cm³/mol. The lowest BCUT2D eigenvalue weighted by molar-refractivity contribution is -0.254. The van der Waals surface area contributed by atoms with E-state index in [9.17, 15) is 9.90 Å². The van der Waals surface area contributed by atoms with Gasteiger partial charge in [0, 0.05) is 21.6 Å². The molecule has 0 unspecified atom stereocenters. The Morgan fingerprint density at radius 3 is 2.83 bits per heavy atom. The number of rotatable bonds is 2. The van der Waals surface area contributed by atoms with E-state index in [1.54, 1.807) is 12.1 Å². The van der Waals surface area contributed by atoms with E-state index in [1.165, 1.54) is 0 Å². The molecule has 0 amide bonds. The maximum absolute atomic E-state index is 11.5. The first-order chi connectivity index (χ1) is 11.1. The Labute approximate surface area is 143 Å². The first-order valence-corrected chi connectivity index (χ1v) is 8.47. The number of hydrogen-bond acceptors (Lipinski definition) is 3. The largest absolute Gasteiger partial charge is 0.545 e. The summed E-state index contributed by atoms with van der Waals surface area (Å²) < 4.78 is 1.03. The lowest BCUT2D eigenvalue weighted by atomic mass is 9.76. The van der Waals surface area contributed by atoms with E-state index >= 15 is 0 Å². The molecular weight excluding hydrogens is 354 g/mol. The molecular formula is C19H15BrNO2-. The van der Waals surface area contributed by atoms with Crippen LogP contribution in [-0.2, 0) is 0 Å². The van der Waals surface area contributed by atoms with Crippen molar-refractivity contribution in [3.05, 3.63) is 75.8 Å². The van der Waals surface area contributed by atoms with Crippen LogP contribution >= 0.6 is 15.9 Å². The van der Waals surface area contributed by atoms with Crippen molar-refractivity contribution in [3.63, 3.8) is 0 Å². The number of hydrogen-bond donors (Lipinski definition) is 1. The van der Waals surface area contributed by atoms with Crippen LogP contribution in [0.5, 0.6) is 0 Å². The molecule has 2 aromatic rings. The molecule has 1 aliphatic heterocycles. The van der Waals surface area contributed by atoms with E-state index < -0.39 is 5.97 Å². The molecule has 1 aliphatic carbocycles. The molecule has 1 heterocycles. The van der Waals surface area contributed by atoms with Crippen LogP contribution in [0.3, 0.4) is 0 Å². The fourth-order valence-corrected chi connectivity index (χ4v) is 4.24. The molecule has 0 spiro atoms. The number of para-hydroxylation sites is 1. The number of benzene rings is 2. The van der Waals surface area contributed by atoms with Gasteiger partial charge < -0.3 is 15.2 Å². The third kappa shape index (κ3) is 2.38. The van der Waals surface area contributed by atoms with Gasteiger partial charge in [-0.05, 0) is 35.6 Å². The van der Waals surface area contributed by atoms with Crippen LogP contribution in [0.1, 0.15) is 39.9 Å². The first-order valence-electron chi connectivity index (χ1n) is 7.68. The molecule has 0 bridgehead atoms. The maximum Gasteiger partial charge on any atom is 0.0736 e. The van der Waals surface area contributed by atoms with Gasteiger partial charge >= 0.3 is 0 Å². The van der Waals surface area contributed by atoms with Crippen molar-refractivity contribution in [2.45, 2.75) is 18.4 Å². The maximum atomic E-state index is 11.5. The molecule has 23 heavy (non-hydrogen) atoms. The van der Waals surface area contributed by atoms with Crippen molar-refractivity contribution in [1.82, 2.24) is 0 Å². The summed E-state index contributed by atoms with van der Waals surface area (Å²) >= 11 is 3.52. The van der Waals surface area contributed by atoms with Crippen molar-refractivity contribution in [2.75, 3.05) is 5.32 Å². The standard InChI is InChI=1S/C19H16BrNO2/c20-12-5-1-4-11(10-12)17-14-7-2-6-13(14)15-8-3-9-16(19(22)23)18(15)21-17/h1-6,8-10,13-14,17,21H,7H2,(H,22,23)/p-1/t13-,14+,17+/m0/s1. The number of halogens is 1. The first kappa shape index (κ1) is 14.5. The van der Waals surface area contributed by atoms with Gasteiger partial charge in [0.1, 0.15) is 0 Å². The van der Waals surface area contributed by atoms with Gasteiger partial charge in [-0.15, -0.1) is 0 Å². The molecule has 0 fully saturated rings. The lowest BCUT2D eigenvalue weighted by Gasteiger charge is -2.38. The van der Waals surface area contributed by atoms with Gasteiger partial charge in [0.15, 0.2) is 0 Å². The predicted octanol–water partition coefficient (Wildman–Crippen LogP) is 3.64. The number of nitrogens with one attached hydrogen (secondary N) is 1. The highest BCUT2D eigenvalue weighted by molar-refractivity contribution is 9.10. The Kier molecular flexibility index (Phi) is 3.49. The van der Waals surface area contributed by atoms with Gasteiger partial charge in [-0.25, -0.2) is 0 Å². The number of carbonyl (C=O) groups excluding carboxylic acids is 1. The molecule has 3 atom stereocenters. The van der Waals surface area contributed by atoms with E-state index in [2.05, 4.69) is 45.5 Å². The Bertz CT molecular complexity index is 815. The van der Waals surface area contributed by atoms with E-state index in [0.717, 1.165) is 22.0 Å². The van der Waals surface area contributed by atoms with Gasteiger partial charge in [-0.3, -0.25) is 0 Å². The molecule has 116 valence electrons. The van der Waals surface area contributed by atoms with Gasteiger partial charge in [-0.1, -0.05) is 58.4 Å². The normalized spacial score (nSPS) is 24.7. The summed E-state index contributed by atoms with van der Waals surface area (Å²) in [5.41, 5.74) is 3.15. The van der Waals surface area contributed by atoms with E-state index in [-0.39, 0.29) is 17.5 Å². The number of carboxylic acid groups (broad SMARTS) is 1. The van der Waals surface area contributed by atoms with Crippen molar-refractivity contribution >= 4 is 27.6 Å². The van der Waals surface area contributed by atoms with Gasteiger partial charge in [0.25, 0.3) is 0 Å². The van der Waals surface area contributed by atoms with Crippen LogP contribution in [0.15, 0.2) is 59.1 Å². The molecule has 0 aromatic heterocycles. The van der Waals surface area contributed by atoms with Crippen LogP contribution in [0.2, 0.25) is 0 Å². The van der Waals surface area contributed by atoms with Crippen LogP contribution in [0.25, 0.3) is 0 Å². The summed E-state index contributed by atoms with van der Waals surface area (Å²) in [6.45, 7) is 0. The summed E-state index contributed by atoms with van der Waals surface area (Å²) in [6.07, 6.45) is 5.39. The Morgan fingerprint density at radius 2 is 2.04 bits per heavy atom.